The van der Waals surface area contributed by atoms with Crippen molar-refractivity contribution in [2.75, 3.05) is 39.3 Å². The van der Waals surface area contributed by atoms with Crippen LogP contribution in [0, 0.1) is 0 Å². The normalized spacial score (nSPS) is 23.3. The molecule has 2 aliphatic heterocycles. The van der Waals surface area contributed by atoms with Crippen LogP contribution in [-0.4, -0.2) is 80.2 Å². The summed E-state index contributed by atoms with van der Waals surface area (Å²) in [5, 5.41) is 12.1. The lowest BCUT2D eigenvalue weighted by atomic mass is 10.1. The van der Waals surface area contributed by atoms with Gasteiger partial charge in [0.1, 0.15) is 0 Å². The molecule has 3 aliphatic rings. The average Bonchev–Trinajstić information content (AvgIpc) is 3.35. The van der Waals surface area contributed by atoms with Crippen molar-refractivity contribution in [2.24, 2.45) is 0 Å². The molecule has 0 atom stereocenters. The molecule has 0 radical (unpaired) electrons. The molecule has 2 saturated heterocycles. The van der Waals surface area contributed by atoms with Crippen molar-refractivity contribution < 1.29 is 4.79 Å². The Kier molecular flexibility index (Phi) is 4.15. The second kappa shape index (κ2) is 6.43. The maximum atomic E-state index is 12.5. The van der Waals surface area contributed by atoms with E-state index < -0.39 is 0 Å². The minimum atomic E-state index is 0.229. The Labute approximate surface area is 136 Å². The Morgan fingerprint density at radius 3 is 2.35 bits per heavy atom. The van der Waals surface area contributed by atoms with E-state index in [1.54, 1.807) is 0 Å². The van der Waals surface area contributed by atoms with E-state index in [1.165, 1.54) is 19.3 Å². The van der Waals surface area contributed by atoms with Gasteiger partial charge in [-0.25, -0.2) is 9.48 Å². The molecule has 0 aromatic carbocycles. The van der Waals surface area contributed by atoms with Crippen LogP contribution in [0.2, 0.25) is 0 Å². The van der Waals surface area contributed by atoms with Gasteiger partial charge in [-0.15, -0.1) is 5.10 Å². The van der Waals surface area contributed by atoms with Gasteiger partial charge in [0.15, 0.2) is 5.82 Å². The number of carbonyl (C=O) groups is 1. The van der Waals surface area contributed by atoms with E-state index in [2.05, 4.69) is 20.4 Å². The fourth-order valence-corrected chi connectivity index (χ4v) is 3.50. The first-order valence-corrected chi connectivity index (χ1v) is 8.84. The van der Waals surface area contributed by atoms with Gasteiger partial charge in [0.05, 0.1) is 12.6 Å². The van der Waals surface area contributed by atoms with Gasteiger partial charge in [0.25, 0.3) is 0 Å². The highest BCUT2D eigenvalue weighted by Crippen LogP contribution is 2.34. The van der Waals surface area contributed by atoms with Crippen LogP contribution in [0.3, 0.4) is 0 Å². The summed E-state index contributed by atoms with van der Waals surface area (Å²) in [6, 6.07) is 0.745. The van der Waals surface area contributed by atoms with Crippen molar-refractivity contribution in [2.45, 2.75) is 44.7 Å². The van der Waals surface area contributed by atoms with Crippen LogP contribution >= 0.6 is 0 Å². The third-order valence-electron chi connectivity index (χ3n) is 5.09. The van der Waals surface area contributed by atoms with Crippen LogP contribution in [0.1, 0.15) is 44.0 Å². The van der Waals surface area contributed by atoms with E-state index in [9.17, 15) is 4.79 Å². The van der Waals surface area contributed by atoms with Gasteiger partial charge in [-0.3, -0.25) is 4.90 Å². The fraction of sp³-hybridized carbons (Fsp3) is 0.867. The summed E-state index contributed by atoms with van der Waals surface area (Å²) in [5.41, 5.74) is 0. The van der Waals surface area contributed by atoms with Gasteiger partial charge < -0.3 is 9.80 Å². The number of tetrazole rings is 1. The minimum absolute atomic E-state index is 0.229. The second-order valence-electron chi connectivity index (χ2n) is 6.86. The first-order chi connectivity index (χ1) is 11.3. The van der Waals surface area contributed by atoms with Gasteiger partial charge in [0, 0.05) is 39.3 Å². The molecular formula is C15H25N7O. The predicted molar refractivity (Wildman–Crippen MR) is 83.8 cm³/mol. The van der Waals surface area contributed by atoms with Crippen LogP contribution in [0.15, 0.2) is 0 Å². The van der Waals surface area contributed by atoms with E-state index in [-0.39, 0.29) is 6.03 Å². The lowest BCUT2D eigenvalue weighted by molar-refractivity contribution is 0.103. The summed E-state index contributed by atoms with van der Waals surface area (Å²) in [6.07, 6.45) is 5.94. The van der Waals surface area contributed by atoms with Gasteiger partial charge in [0.2, 0.25) is 0 Å². The molecule has 0 N–H and O–H groups in total. The first kappa shape index (κ1) is 14.9. The van der Waals surface area contributed by atoms with E-state index >= 15 is 0 Å². The summed E-state index contributed by atoms with van der Waals surface area (Å²) in [5.74, 6) is 0.961. The topological polar surface area (TPSA) is 70.4 Å². The average molecular weight is 319 g/mol. The smallest absolute Gasteiger partial charge is 0.320 e. The van der Waals surface area contributed by atoms with Crippen molar-refractivity contribution in [1.29, 1.82) is 0 Å². The van der Waals surface area contributed by atoms with Gasteiger partial charge in [-0.2, -0.15) is 0 Å². The molecule has 8 heteroatoms. The van der Waals surface area contributed by atoms with E-state index in [4.69, 9.17) is 0 Å². The molecule has 3 fully saturated rings. The Balaban J connectivity index is 1.28. The van der Waals surface area contributed by atoms with Crippen molar-refractivity contribution in [3.05, 3.63) is 5.82 Å². The monoisotopic (exact) mass is 319 g/mol. The molecule has 23 heavy (non-hydrogen) atoms. The first-order valence-electron chi connectivity index (χ1n) is 8.84. The summed E-state index contributed by atoms with van der Waals surface area (Å²) in [7, 11) is 0. The standard InChI is InChI=1S/C15H25N7O/c23-15(20-6-2-1-3-7-20)21-10-8-19(9-11-21)12-14-16-17-18-22(14)13-4-5-13/h13H,1-12H2. The van der Waals surface area contributed by atoms with Crippen LogP contribution < -0.4 is 0 Å². The molecule has 126 valence electrons. The van der Waals surface area contributed by atoms with Crippen molar-refractivity contribution in [3.63, 3.8) is 0 Å². The largest absolute Gasteiger partial charge is 0.325 e. The number of urea groups is 1. The third-order valence-corrected chi connectivity index (χ3v) is 5.09. The lowest BCUT2D eigenvalue weighted by Crippen LogP contribution is -2.53. The summed E-state index contributed by atoms with van der Waals surface area (Å²) >= 11 is 0. The van der Waals surface area contributed by atoms with Crippen LogP contribution in [0.4, 0.5) is 4.79 Å². The number of hydrogen-bond acceptors (Lipinski definition) is 5. The maximum Gasteiger partial charge on any atom is 0.320 e. The van der Waals surface area contributed by atoms with Crippen molar-refractivity contribution in [1.82, 2.24) is 34.9 Å². The summed E-state index contributed by atoms with van der Waals surface area (Å²) in [4.78, 5) is 18.9. The molecular weight excluding hydrogens is 294 g/mol. The Bertz CT molecular complexity index is 542. The number of likely N-dealkylation sites (tertiary alicyclic amines) is 1. The zero-order valence-electron chi connectivity index (χ0n) is 13.6. The second-order valence-corrected chi connectivity index (χ2v) is 6.86. The number of piperazine rings is 1. The van der Waals surface area contributed by atoms with Gasteiger partial charge in [-0.1, -0.05) is 0 Å². The number of aromatic nitrogens is 4. The number of rotatable bonds is 3. The molecule has 1 aromatic rings. The van der Waals surface area contributed by atoms with Crippen LogP contribution in [0.25, 0.3) is 0 Å². The highest BCUT2D eigenvalue weighted by molar-refractivity contribution is 5.74. The Hall–Kier alpha value is -1.70. The molecule has 3 heterocycles. The SMILES string of the molecule is O=C(N1CCCCC1)N1CCN(Cc2nnnn2C2CC2)CC1. The summed E-state index contributed by atoms with van der Waals surface area (Å²) in [6.45, 7) is 6.05. The number of hydrogen-bond donors (Lipinski definition) is 0. The fourth-order valence-electron chi connectivity index (χ4n) is 3.50. The van der Waals surface area contributed by atoms with Crippen molar-refractivity contribution in [3.8, 4) is 0 Å². The van der Waals surface area contributed by atoms with Gasteiger partial charge >= 0.3 is 6.03 Å². The predicted octanol–water partition coefficient (Wildman–Crippen LogP) is 0.731. The number of carbonyl (C=O) groups excluding carboxylic acids is 1. The molecule has 1 aromatic heterocycles. The number of piperidine rings is 1. The maximum absolute atomic E-state index is 12.5. The van der Waals surface area contributed by atoms with Gasteiger partial charge in [-0.05, 0) is 42.5 Å². The van der Waals surface area contributed by atoms with Crippen LogP contribution in [0.5, 0.6) is 0 Å². The Morgan fingerprint density at radius 1 is 0.957 bits per heavy atom. The summed E-state index contributed by atoms with van der Waals surface area (Å²) < 4.78 is 1.98. The molecule has 4 rings (SSSR count). The number of nitrogens with zero attached hydrogens (tertiary/aromatic N) is 7. The highest BCUT2D eigenvalue weighted by Gasteiger charge is 2.30. The van der Waals surface area contributed by atoms with Crippen molar-refractivity contribution >= 4 is 6.03 Å². The third kappa shape index (κ3) is 3.31. The lowest BCUT2D eigenvalue weighted by Gasteiger charge is -2.38. The van der Waals surface area contributed by atoms with E-state index in [0.29, 0.717) is 6.04 Å². The number of amides is 2. The zero-order valence-corrected chi connectivity index (χ0v) is 13.6. The molecule has 1 saturated carbocycles. The molecule has 2 amide bonds. The molecule has 1 aliphatic carbocycles. The highest BCUT2D eigenvalue weighted by atomic mass is 16.2. The van der Waals surface area contributed by atoms with E-state index in [1.807, 2.05) is 14.5 Å². The Morgan fingerprint density at radius 2 is 1.65 bits per heavy atom. The van der Waals surface area contributed by atoms with E-state index in [0.717, 1.165) is 64.5 Å². The molecule has 0 bridgehead atoms. The quantitative estimate of drug-likeness (QED) is 0.821. The molecule has 8 nitrogen and oxygen atoms in total. The molecule has 0 spiro atoms. The zero-order chi connectivity index (χ0) is 15.6. The van der Waals surface area contributed by atoms with Crippen LogP contribution in [-0.2, 0) is 6.54 Å². The minimum Gasteiger partial charge on any atom is -0.325 e. The molecule has 0 unspecified atom stereocenters.